The van der Waals surface area contributed by atoms with Gasteiger partial charge in [0.05, 0.1) is 32.8 Å². The highest BCUT2D eigenvalue weighted by atomic mass is 16.5. The Balaban J connectivity index is 1.93. The predicted octanol–water partition coefficient (Wildman–Crippen LogP) is 3.89. The third-order valence-electron chi connectivity index (χ3n) is 4.35. The van der Waals surface area contributed by atoms with E-state index in [4.69, 9.17) is 23.7 Å². The molecule has 0 fully saturated rings. The largest absolute Gasteiger partial charge is 0.496 e. The van der Waals surface area contributed by atoms with E-state index < -0.39 is 0 Å². The Kier molecular flexibility index (Phi) is 5.77. The number of allylic oxidation sites excluding steroid dienone is 1. The molecule has 0 radical (unpaired) electrons. The Labute approximate surface area is 168 Å². The monoisotopic (exact) mass is 398 g/mol. The highest BCUT2D eigenvalue weighted by molar-refractivity contribution is 6.14. The molecule has 1 aliphatic rings. The van der Waals surface area contributed by atoms with Crippen molar-refractivity contribution >= 4 is 17.8 Å². The van der Waals surface area contributed by atoms with Gasteiger partial charge in [-0.15, -0.1) is 0 Å². The van der Waals surface area contributed by atoms with Crippen LogP contribution >= 0.6 is 0 Å². The molecular formula is C22H22O7. The summed E-state index contributed by atoms with van der Waals surface area (Å²) in [5, 5.41) is 0. The first kappa shape index (κ1) is 20.3. The lowest BCUT2D eigenvalue weighted by Gasteiger charge is -2.12. The molecule has 1 heterocycles. The van der Waals surface area contributed by atoms with Gasteiger partial charge in [-0.1, -0.05) is 13.8 Å². The Morgan fingerprint density at radius 2 is 1.62 bits per heavy atom. The average Bonchev–Trinajstić information content (AvgIpc) is 3.02. The van der Waals surface area contributed by atoms with Crippen molar-refractivity contribution in [3.63, 3.8) is 0 Å². The van der Waals surface area contributed by atoms with Gasteiger partial charge in [-0.2, -0.15) is 0 Å². The molecule has 0 amide bonds. The number of methoxy groups -OCH3 is 3. The molecule has 7 nitrogen and oxygen atoms in total. The number of carbonyl (C=O) groups is 2. The van der Waals surface area contributed by atoms with Crippen molar-refractivity contribution in [1.82, 2.24) is 0 Å². The van der Waals surface area contributed by atoms with Crippen LogP contribution in [0, 0.1) is 5.92 Å². The molecule has 29 heavy (non-hydrogen) atoms. The van der Waals surface area contributed by atoms with Crippen molar-refractivity contribution < 1.29 is 33.3 Å². The summed E-state index contributed by atoms with van der Waals surface area (Å²) in [7, 11) is 4.57. The maximum atomic E-state index is 12.7. The molecule has 7 heteroatoms. The fourth-order valence-corrected chi connectivity index (χ4v) is 2.77. The number of carbonyl (C=O) groups excluding carboxylic acids is 2. The van der Waals surface area contributed by atoms with Crippen LogP contribution in [-0.4, -0.2) is 33.1 Å². The summed E-state index contributed by atoms with van der Waals surface area (Å²) < 4.78 is 27.0. The van der Waals surface area contributed by atoms with E-state index in [-0.39, 0.29) is 23.4 Å². The summed E-state index contributed by atoms with van der Waals surface area (Å²) in [5.74, 6) is 1.36. The van der Waals surface area contributed by atoms with Crippen molar-refractivity contribution in [1.29, 1.82) is 0 Å². The van der Waals surface area contributed by atoms with Crippen molar-refractivity contribution in [3.05, 3.63) is 47.2 Å². The van der Waals surface area contributed by atoms with Crippen LogP contribution in [-0.2, 0) is 4.79 Å². The van der Waals surface area contributed by atoms with Crippen LogP contribution < -0.4 is 23.7 Å². The molecule has 0 saturated carbocycles. The summed E-state index contributed by atoms with van der Waals surface area (Å²) in [6.07, 6.45) is 1.57. The minimum Gasteiger partial charge on any atom is -0.496 e. The topological polar surface area (TPSA) is 80.3 Å². The molecule has 1 aliphatic heterocycles. The molecule has 0 unspecified atom stereocenters. The second-order valence-corrected chi connectivity index (χ2v) is 6.62. The molecule has 2 aromatic carbocycles. The van der Waals surface area contributed by atoms with Gasteiger partial charge in [0.2, 0.25) is 5.78 Å². The van der Waals surface area contributed by atoms with Crippen molar-refractivity contribution in [2.75, 3.05) is 21.3 Å². The Bertz CT molecular complexity index is 989. The molecule has 3 rings (SSSR count). The van der Waals surface area contributed by atoms with Gasteiger partial charge < -0.3 is 23.7 Å². The van der Waals surface area contributed by atoms with E-state index in [9.17, 15) is 9.59 Å². The highest BCUT2D eigenvalue weighted by Crippen LogP contribution is 2.39. The number of rotatable bonds is 6. The summed E-state index contributed by atoms with van der Waals surface area (Å²) in [4.78, 5) is 24.5. The maximum absolute atomic E-state index is 12.7. The lowest BCUT2D eigenvalue weighted by Crippen LogP contribution is -2.14. The number of benzene rings is 2. The van der Waals surface area contributed by atoms with E-state index in [0.717, 1.165) is 0 Å². The second-order valence-electron chi connectivity index (χ2n) is 6.62. The standard InChI is InChI=1S/C22H22O7/c1-12(2)22(24)28-14-6-7-15-17(10-14)29-20(21(15)23)9-13-8-18(26-4)19(27-5)11-16(13)25-3/h6-12H,1-5H3/b20-9-. The van der Waals surface area contributed by atoms with Crippen molar-refractivity contribution in [2.45, 2.75) is 13.8 Å². The molecule has 0 bridgehead atoms. The fraction of sp³-hybridized carbons (Fsp3) is 0.273. The molecule has 0 N–H and O–H groups in total. The van der Waals surface area contributed by atoms with E-state index in [1.54, 1.807) is 44.2 Å². The number of hydrogen-bond acceptors (Lipinski definition) is 7. The average molecular weight is 398 g/mol. The van der Waals surface area contributed by atoms with Gasteiger partial charge in [0.15, 0.2) is 17.3 Å². The minimum absolute atomic E-state index is 0.123. The third kappa shape index (κ3) is 4.03. The minimum atomic E-state index is -0.361. The molecular weight excluding hydrogens is 376 g/mol. The fourth-order valence-electron chi connectivity index (χ4n) is 2.77. The lowest BCUT2D eigenvalue weighted by molar-refractivity contribution is -0.137. The van der Waals surface area contributed by atoms with Gasteiger partial charge in [-0.05, 0) is 24.3 Å². The second kappa shape index (κ2) is 8.26. The zero-order valence-electron chi connectivity index (χ0n) is 16.9. The number of Topliss-reactive ketones (excluding diaryl/α,β-unsaturated/α-hetero) is 1. The smallest absolute Gasteiger partial charge is 0.313 e. The molecule has 0 aliphatic carbocycles. The van der Waals surface area contributed by atoms with E-state index in [1.165, 1.54) is 27.4 Å². The molecule has 0 saturated heterocycles. The first-order valence-electron chi connectivity index (χ1n) is 8.98. The SMILES string of the molecule is COc1cc(OC)c(OC)cc1/C=C1\Oc2cc(OC(=O)C(C)C)ccc2C1=O. The zero-order chi connectivity index (χ0) is 21.1. The van der Waals surface area contributed by atoms with Crippen LogP contribution in [0.2, 0.25) is 0 Å². The van der Waals surface area contributed by atoms with Gasteiger partial charge in [-0.25, -0.2) is 0 Å². The summed E-state index contributed by atoms with van der Waals surface area (Å²) in [6, 6.07) is 8.04. The van der Waals surface area contributed by atoms with Crippen molar-refractivity contribution in [2.24, 2.45) is 5.92 Å². The number of ether oxygens (including phenoxy) is 5. The van der Waals surface area contributed by atoms with Crippen LogP contribution in [0.1, 0.15) is 29.8 Å². The number of esters is 1. The van der Waals surface area contributed by atoms with Crippen LogP contribution in [0.25, 0.3) is 6.08 Å². The molecule has 0 spiro atoms. The summed E-state index contributed by atoms with van der Waals surface area (Å²) >= 11 is 0. The maximum Gasteiger partial charge on any atom is 0.313 e. The van der Waals surface area contributed by atoms with E-state index in [0.29, 0.717) is 39.9 Å². The van der Waals surface area contributed by atoms with Crippen LogP contribution in [0.15, 0.2) is 36.1 Å². The molecule has 2 aromatic rings. The first-order valence-corrected chi connectivity index (χ1v) is 8.98. The highest BCUT2D eigenvalue weighted by Gasteiger charge is 2.28. The van der Waals surface area contributed by atoms with Gasteiger partial charge in [0, 0.05) is 17.7 Å². The van der Waals surface area contributed by atoms with Gasteiger partial charge >= 0.3 is 5.97 Å². The van der Waals surface area contributed by atoms with E-state index >= 15 is 0 Å². The van der Waals surface area contributed by atoms with Gasteiger partial charge in [0.1, 0.15) is 17.2 Å². The first-order chi connectivity index (χ1) is 13.9. The van der Waals surface area contributed by atoms with Gasteiger partial charge in [0.25, 0.3) is 0 Å². The quantitative estimate of drug-likeness (QED) is 0.415. The van der Waals surface area contributed by atoms with E-state index in [2.05, 4.69) is 0 Å². The number of fused-ring (bicyclic) bond motifs is 1. The summed E-state index contributed by atoms with van der Waals surface area (Å²) in [5.41, 5.74) is 0.979. The zero-order valence-corrected chi connectivity index (χ0v) is 16.9. The van der Waals surface area contributed by atoms with Crippen LogP contribution in [0.3, 0.4) is 0 Å². The van der Waals surface area contributed by atoms with Crippen LogP contribution in [0.5, 0.6) is 28.7 Å². The number of hydrogen-bond donors (Lipinski definition) is 0. The third-order valence-corrected chi connectivity index (χ3v) is 4.35. The van der Waals surface area contributed by atoms with Gasteiger partial charge in [-0.3, -0.25) is 9.59 Å². The molecule has 152 valence electrons. The number of ketones is 1. The Morgan fingerprint density at radius 1 is 0.966 bits per heavy atom. The van der Waals surface area contributed by atoms with E-state index in [1.807, 2.05) is 0 Å². The van der Waals surface area contributed by atoms with Crippen LogP contribution in [0.4, 0.5) is 0 Å². The molecule has 0 aromatic heterocycles. The summed E-state index contributed by atoms with van der Waals surface area (Å²) in [6.45, 7) is 3.49. The van der Waals surface area contributed by atoms with Crippen molar-refractivity contribution in [3.8, 4) is 28.7 Å². The Hall–Kier alpha value is -3.48. The predicted molar refractivity (Wildman–Crippen MR) is 106 cm³/mol. The lowest BCUT2D eigenvalue weighted by atomic mass is 10.1. The normalized spacial score (nSPS) is 13.9. The Morgan fingerprint density at radius 3 is 2.24 bits per heavy atom. The molecule has 0 atom stereocenters.